The number of carbonyl (C=O) groups is 4. The lowest BCUT2D eigenvalue weighted by molar-refractivity contribution is -0.142. The van der Waals surface area contributed by atoms with Gasteiger partial charge in [0.25, 0.3) is 11.8 Å². The number of hydrogen-bond acceptors (Lipinski definition) is 8. The molecule has 2 aromatic heterocycles. The van der Waals surface area contributed by atoms with Crippen LogP contribution in [-0.4, -0.2) is 98.7 Å². The van der Waals surface area contributed by atoms with Crippen LogP contribution in [0.1, 0.15) is 63.7 Å². The molecular weight excluding hydrogens is 546 g/mol. The normalized spacial score (nSPS) is 22.3. The third-order valence-electron chi connectivity index (χ3n) is 8.16. The monoisotopic (exact) mass is 583 g/mol. The molecule has 0 radical (unpaired) electrons. The van der Waals surface area contributed by atoms with Crippen LogP contribution in [-0.2, 0) is 9.53 Å². The average Bonchev–Trinajstić information content (AvgIpc) is 3.46. The maximum atomic E-state index is 13.9. The second kappa shape index (κ2) is 11.1. The van der Waals surface area contributed by atoms with Crippen molar-refractivity contribution in [3.05, 3.63) is 36.2 Å². The highest BCUT2D eigenvalue weighted by Crippen LogP contribution is 2.41. The quantitative estimate of drug-likeness (QED) is 0.545. The largest absolute Gasteiger partial charge is 0.465 e. The fourth-order valence-electron chi connectivity index (χ4n) is 6.13. The molecule has 1 atom stereocenters. The van der Waals surface area contributed by atoms with Gasteiger partial charge < -0.3 is 14.7 Å². The molecule has 4 amide bonds. The van der Waals surface area contributed by atoms with Gasteiger partial charge in [0, 0.05) is 60.6 Å². The number of likely N-dealkylation sites (N-methyl/N-ethyl adjacent to an activating group) is 1. The Morgan fingerprint density at radius 2 is 1.95 bits per heavy atom. The number of likely N-dealkylation sites (tertiary alicyclic amines) is 2. The van der Waals surface area contributed by atoms with Gasteiger partial charge in [-0.1, -0.05) is 6.07 Å². The minimum atomic E-state index is -1.12. The zero-order valence-corrected chi connectivity index (χ0v) is 24.8. The summed E-state index contributed by atoms with van der Waals surface area (Å²) in [6.45, 7) is 9.66. The number of amides is 4. The number of imide groups is 1. The number of nitrogens with zero attached hydrogens (tertiary/aromatic N) is 5. The van der Waals surface area contributed by atoms with E-state index >= 15 is 0 Å². The van der Waals surface area contributed by atoms with Crippen LogP contribution in [0.25, 0.3) is 10.4 Å². The first kappa shape index (κ1) is 29.0. The number of thiophene rings is 1. The molecule has 3 aliphatic rings. The van der Waals surface area contributed by atoms with Crippen molar-refractivity contribution in [1.82, 2.24) is 19.7 Å². The second-order valence-electron chi connectivity index (χ2n) is 11.9. The van der Waals surface area contributed by atoms with Crippen LogP contribution in [0.4, 0.5) is 14.6 Å². The zero-order chi connectivity index (χ0) is 29.5. The molecule has 3 fully saturated rings. The molecule has 220 valence electrons. The Morgan fingerprint density at radius 3 is 2.54 bits per heavy atom. The number of anilines is 1. The van der Waals surface area contributed by atoms with Crippen LogP contribution in [0.2, 0.25) is 0 Å². The van der Waals surface area contributed by atoms with E-state index in [0.717, 1.165) is 23.4 Å². The summed E-state index contributed by atoms with van der Waals surface area (Å²) in [6, 6.07) is 5.63. The number of hydrogen-bond donors (Lipinski definition) is 1. The van der Waals surface area contributed by atoms with E-state index in [4.69, 9.17) is 4.74 Å². The molecule has 12 heteroatoms. The standard InChI is InChI=1S/C29H37N5O6S/c1-5-33-25(36)29(40-27(33)39)11-7-13-32(18-29)20-9-14-31(15-10-20)23(35)21-16-22(19-8-6-12-30-17-19)41-24(21)34(26(37)38)28(2,3)4/h6,8,12,16-17,20H,5,7,9-11,13-15,18H2,1-4H3,(H,37,38). The van der Waals surface area contributed by atoms with Gasteiger partial charge in [-0.3, -0.25) is 24.4 Å². The summed E-state index contributed by atoms with van der Waals surface area (Å²) in [4.78, 5) is 63.0. The SMILES string of the molecule is CCN1C(=O)OC2(CCCN(C3CCN(C(=O)c4cc(-c5cccnc5)sc4N(C(=O)O)C(C)(C)C)CC3)C2)C1=O. The Morgan fingerprint density at radius 1 is 1.22 bits per heavy atom. The van der Waals surface area contributed by atoms with Gasteiger partial charge in [0.15, 0.2) is 0 Å². The number of aromatic nitrogens is 1. The number of piperidine rings is 2. The van der Waals surface area contributed by atoms with Crippen molar-refractivity contribution in [3.63, 3.8) is 0 Å². The van der Waals surface area contributed by atoms with Gasteiger partial charge in [-0.2, -0.15) is 0 Å². The lowest BCUT2D eigenvalue weighted by Gasteiger charge is -2.44. The fourth-order valence-corrected chi connectivity index (χ4v) is 7.45. The van der Waals surface area contributed by atoms with Crippen molar-refractivity contribution in [2.24, 2.45) is 0 Å². The van der Waals surface area contributed by atoms with Gasteiger partial charge in [0.1, 0.15) is 5.00 Å². The van der Waals surface area contributed by atoms with Gasteiger partial charge in [-0.05, 0) is 72.1 Å². The topological polar surface area (TPSA) is 124 Å². The maximum absolute atomic E-state index is 13.9. The number of rotatable bonds is 5. The maximum Gasteiger partial charge on any atom is 0.417 e. The van der Waals surface area contributed by atoms with Crippen LogP contribution in [0, 0.1) is 0 Å². The van der Waals surface area contributed by atoms with E-state index in [9.17, 15) is 24.3 Å². The number of carbonyl (C=O) groups excluding carboxylic acids is 3. The minimum Gasteiger partial charge on any atom is -0.465 e. The molecular formula is C29H37N5O6S. The van der Waals surface area contributed by atoms with Gasteiger partial charge in [0.05, 0.1) is 5.56 Å². The summed E-state index contributed by atoms with van der Waals surface area (Å²) in [7, 11) is 0. The highest BCUT2D eigenvalue weighted by Gasteiger charge is 2.55. The summed E-state index contributed by atoms with van der Waals surface area (Å²) < 4.78 is 5.64. The van der Waals surface area contributed by atoms with E-state index in [1.807, 2.05) is 32.9 Å². The molecule has 11 nitrogen and oxygen atoms in total. The van der Waals surface area contributed by atoms with Crippen molar-refractivity contribution >= 4 is 40.3 Å². The van der Waals surface area contributed by atoms with Crippen LogP contribution in [0.5, 0.6) is 0 Å². The smallest absolute Gasteiger partial charge is 0.417 e. The Labute approximate surface area is 243 Å². The van der Waals surface area contributed by atoms with Gasteiger partial charge in [-0.25, -0.2) is 14.5 Å². The van der Waals surface area contributed by atoms with Crippen molar-refractivity contribution in [3.8, 4) is 10.4 Å². The van der Waals surface area contributed by atoms with Crippen LogP contribution < -0.4 is 4.90 Å². The molecule has 1 spiro atoms. The van der Waals surface area contributed by atoms with Crippen molar-refractivity contribution in [1.29, 1.82) is 0 Å². The predicted molar refractivity (Wildman–Crippen MR) is 154 cm³/mol. The van der Waals surface area contributed by atoms with Gasteiger partial charge in [-0.15, -0.1) is 11.3 Å². The van der Waals surface area contributed by atoms with Crippen LogP contribution >= 0.6 is 11.3 Å². The lowest BCUT2D eigenvalue weighted by Crippen LogP contribution is -2.58. The van der Waals surface area contributed by atoms with E-state index in [1.54, 1.807) is 30.3 Å². The first-order valence-electron chi connectivity index (χ1n) is 14.1. The Kier molecular flexibility index (Phi) is 7.82. The average molecular weight is 584 g/mol. The zero-order valence-electron chi connectivity index (χ0n) is 24.0. The van der Waals surface area contributed by atoms with E-state index in [0.29, 0.717) is 56.0 Å². The third kappa shape index (κ3) is 5.42. The predicted octanol–water partition coefficient (Wildman–Crippen LogP) is 4.53. The number of pyridine rings is 1. The Hall–Kier alpha value is -3.51. The van der Waals surface area contributed by atoms with E-state index in [-0.39, 0.29) is 17.9 Å². The molecule has 0 bridgehead atoms. The van der Waals surface area contributed by atoms with Gasteiger partial charge in [0.2, 0.25) is 5.60 Å². The molecule has 2 aromatic rings. The summed E-state index contributed by atoms with van der Waals surface area (Å²) in [5.41, 5.74) is -0.688. The molecule has 3 aliphatic heterocycles. The lowest BCUT2D eigenvalue weighted by atomic mass is 9.89. The first-order chi connectivity index (χ1) is 19.4. The van der Waals surface area contributed by atoms with Crippen molar-refractivity contribution < 1.29 is 29.0 Å². The van der Waals surface area contributed by atoms with Gasteiger partial charge >= 0.3 is 12.2 Å². The Balaban J connectivity index is 1.34. The van der Waals surface area contributed by atoms with Crippen molar-refractivity contribution in [2.45, 2.75) is 70.6 Å². The summed E-state index contributed by atoms with van der Waals surface area (Å²) in [5, 5.41) is 10.5. The van der Waals surface area contributed by atoms with Crippen molar-refractivity contribution in [2.75, 3.05) is 37.6 Å². The molecule has 0 aliphatic carbocycles. The van der Waals surface area contributed by atoms with E-state index < -0.39 is 23.3 Å². The van der Waals surface area contributed by atoms with Crippen LogP contribution in [0.15, 0.2) is 30.6 Å². The first-order valence-corrected chi connectivity index (χ1v) is 14.9. The van der Waals surface area contributed by atoms with Crippen LogP contribution in [0.3, 0.4) is 0 Å². The molecule has 0 aromatic carbocycles. The fraction of sp³-hybridized carbons (Fsp3) is 0.552. The van der Waals surface area contributed by atoms with E-state index in [2.05, 4.69) is 9.88 Å². The molecule has 3 saturated heterocycles. The molecule has 1 N–H and O–H groups in total. The highest BCUT2D eigenvalue weighted by atomic mass is 32.1. The Bertz CT molecular complexity index is 1330. The third-order valence-corrected chi connectivity index (χ3v) is 9.33. The summed E-state index contributed by atoms with van der Waals surface area (Å²) in [6.07, 6.45) is 4.38. The summed E-state index contributed by atoms with van der Waals surface area (Å²) >= 11 is 1.28. The minimum absolute atomic E-state index is 0.149. The highest BCUT2D eigenvalue weighted by molar-refractivity contribution is 7.20. The molecule has 41 heavy (non-hydrogen) atoms. The second-order valence-corrected chi connectivity index (χ2v) is 12.9. The summed E-state index contributed by atoms with van der Waals surface area (Å²) in [5.74, 6) is -0.451. The number of carboxylic acid groups (broad SMARTS) is 1. The van der Waals surface area contributed by atoms with E-state index in [1.165, 1.54) is 21.1 Å². The molecule has 5 heterocycles. The molecule has 1 unspecified atom stereocenters. The molecule has 0 saturated carbocycles. The molecule has 5 rings (SSSR count). The number of ether oxygens (including phenoxy) is 1.